The van der Waals surface area contributed by atoms with Gasteiger partial charge in [0.2, 0.25) is 0 Å². The number of hydrogen-bond donors (Lipinski definition) is 1. The summed E-state index contributed by atoms with van der Waals surface area (Å²) in [5.74, 6) is 0. The fraction of sp³-hybridized carbons (Fsp3) is 1.00. The lowest BCUT2D eigenvalue weighted by Crippen LogP contribution is -2.44. The molecule has 0 saturated carbocycles. The van der Waals surface area contributed by atoms with Gasteiger partial charge < -0.3 is 5.32 Å². The quantitative estimate of drug-likeness (QED) is 0.698. The minimum Gasteiger partial charge on any atom is -0.313 e. The van der Waals surface area contributed by atoms with Crippen molar-refractivity contribution in [1.82, 2.24) is 10.2 Å². The van der Waals surface area contributed by atoms with E-state index in [1.165, 1.54) is 38.8 Å². The van der Waals surface area contributed by atoms with Crippen molar-refractivity contribution in [2.24, 2.45) is 0 Å². The van der Waals surface area contributed by atoms with Crippen molar-refractivity contribution in [2.45, 2.75) is 57.7 Å². The molecule has 2 heteroatoms. The fourth-order valence-electron chi connectivity index (χ4n) is 3.03. The van der Waals surface area contributed by atoms with E-state index < -0.39 is 0 Å². The van der Waals surface area contributed by atoms with E-state index in [-0.39, 0.29) is 0 Å². The molecule has 0 amide bonds. The van der Waals surface area contributed by atoms with Crippen LogP contribution in [0.2, 0.25) is 0 Å². The Morgan fingerprint density at radius 2 is 2.23 bits per heavy atom. The van der Waals surface area contributed by atoms with Gasteiger partial charge in [-0.2, -0.15) is 0 Å². The molecule has 2 nitrogen and oxygen atoms in total. The van der Waals surface area contributed by atoms with E-state index in [0.717, 1.165) is 12.1 Å². The molecule has 0 aromatic heterocycles. The Kier molecular flexibility index (Phi) is 2.89. The Bertz CT molecular complexity index is 169. The van der Waals surface area contributed by atoms with Crippen LogP contribution in [0.3, 0.4) is 0 Å². The lowest BCUT2D eigenvalue weighted by atomic mass is 10.1. The molecule has 76 valence electrons. The van der Waals surface area contributed by atoms with Crippen LogP contribution in [0.5, 0.6) is 0 Å². The zero-order chi connectivity index (χ0) is 9.26. The van der Waals surface area contributed by atoms with Crippen LogP contribution in [-0.4, -0.2) is 36.1 Å². The summed E-state index contributed by atoms with van der Waals surface area (Å²) in [6, 6.07) is 2.42. The molecule has 0 aromatic rings. The first-order valence-corrected chi connectivity index (χ1v) is 5.82. The van der Waals surface area contributed by atoms with Crippen LogP contribution >= 0.6 is 0 Å². The largest absolute Gasteiger partial charge is 0.313 e. The van der Waals surface area contributed by atoms with Crippen molar-refractivity contribution in [1.29, 1.82) is 0 Å². The third-order valence-electron chi connectivity index (χ3n) is 3.80. The van der Waals surface area contributed by atoms with Crippen LogP contribution in [0.1, 0.15) is 39.5 Å². The Balaban J connectivity index is 1.98. The first-order chi connectivity index (χ1) is 6.33. The Morgan fingerprint density at radius 3 is 2.85 bits per heavy atom. The van der Waals surface area contributed by atoms with Gasteiger partial charge in [0.1, 0.15) is 0 Å². The normalized spacial score (nSPS) is 41.5. The molecule has 2 aliphatic heterocycles. The highest BCUT2D eigenvalue weighted by Gasteiger charge is 2.34. The zero-order valence-corrected chi connectivity index (χ0v) is 8.92. The van der Waals surface area contributed by atoms with Crippen molar-refractivity contribution in [3.8, 4) is 0 Å². The number of nitrogens with zero attached hydrogens (tertiary/aromatic N) is 1. The third-order valence-corrected chi connectivity index (χ3v) is 3.80. The minimum atomic E-state index is 0.715. The van der Waals surface area contributed by atoms with Gasteiger partial charge in [0.15, 0.2) is 0 Å². The second-order valence-corrected chi connectivity index (χ2v) is 4.54. The van der Waals surface area contributed by atoms with Gasteiger partial charge >= 0.3 is 0 Å². The second-order valence-electron chi connectivity index (χ2n) is 4.54. The van der Waals surface area contributed by atoms with Gasteiger partial charge in [0.05, 0.1) is 0 Å². The van der Waals surface area contributed by atoms with Crippen molar-refractivity contribution in [2.75, 3.05) is 13.1 Å². The van der Waals surface area contributed by atoms with E-state index in [9.17, 15) is 0 Å². The van der Waals surface area contributed by atoms with Crippen molar-refractivity contribution in [3.05, 3.63) is 0 Å². The highest BCUT2D eigenvalue weighted by atomic mass is 15.2. The standard InChI is InChI=1S/C11H22N2/c1-3-10-5-4-8-13(10)11-6-7-12-9(11)2/h9-12H,3-8H2,1-2H3. The van der Waals surface area contributed by atoms with E-state index in [2.05, 4.69) is 24.1 Å². The zero-order valence-electron chi connectivity index (χ0n) is 8.92. The molecular formula is C11H22N2. The molecule has 13 heavy (non-hydrogen) atoms. The average molecular weight is 182 g/mol. The van der Waals surface area contributed by atoms with Gasteiger partial charge in [-0.05, 0) is 45.7 Å². The molecule has 1 N–H and O–H groups in total. The van der Waals surface area contributed by atoms with E-state index in [1.807, 2.05) is 0 Å². The highest BCUT2D eigenvalue weighted by Crippen LogP contribution is 2.26. The smallest absolute Gasteiger partial charge is 0.0261 e. The molecule has 0 radical (unpaired) electrons. The van der Waals surface area contributed by atoms with Gasteiger partial charge in [0.25, 0.3) is 0 Å². The Labute approximate surface area is 81.7 Å². The topological polar surface area (TPSA) is 15.3 Å². The minimum absolute atomic E-state index is 0.715. The van der Waals surface area contributed by atoms with E-state index in [0.29, 0.717) is 6.04 Å². The summed E-state index contributed by atoms with van der Waals surface area (Å²) in [5.41, 5.74) is 0. The summed E-state index contributed by atoms with van der Waals surface area (Å²) >= 11 is 0. The van der Waals surface area contributed by atoms with Crippen LogP contribution in [0.4, 0.5) is 0 Å². The maximum atomic E-state index is 3.55. The van der Waals surface area contributed by atoms with Gasteiger partial charge in [-0.15, -0.1) is 0 Å². The van der Waals surface area contributed by atoms with Crippen LogP contribution in [-0.2, 0) is 0 Å². The molecule has 3 unspecified atom stereocenters. The van der Waals surface area contributed by atoms with Crippen LogP contribution in [0.25, 0.3) is 0 Å². The number of likely N-dealkylation sites (tertiary alicyclic amines) is 1. The third kappa shape index (κ3) is 1.75. The molecule has 2 aliphatic rings. The van der Waals surface area contributed by atoms with Gasteiger partial charge in [-0.3, -0.25) is 4.90 Å². The molecule has 2 rings (SSSR count). The average Bonchev–Trinajstić information content (AvgIpc) is 2.71. The fourth-order valence-corrected chi connectivity index (χ4v) is 3.03. The second kappa shape index (κ2) is 3.97. The molecule has 2 heterocycles. The first-order valence-electron chi connectivity index (χ1n) is 5.82. The monoisotopic (exact) mass is 182 g/mol. The van der Waals surface area contributed by atoms with Crippen molar-refractivity contribution >= 4 is 0 Å². The van der Waals surface area contributed by atoms with Gasteiger partial charge in [-0.1, -0.05) is 6.92 Å². The SMILES string of the molecule is CCC1CCCN1C1CCNC1C. The van der Waals surface area contributed by atoms with Gasteiger partial charge in [-0.25, -0.2) is 0 Å². The van der Waals surface area contributed by atoms with E-state index in [4.69, 9.17) is 0 Å². The molecule has 0 aromatic carbocycles. The molecule has 2 saturated heterocycles. The Morgan fingerprint density at radius 1 is 1.38 bits per heavy atom. The maximum Gasteiger partial charge on any atom is 0.0261 e. The number of nitrogens with one attached hydrogen (secondary N) is 1. The van der Waals surface area contributed by atoms with Crippen molar-refractivity contribution in [3.63, 3.8) is 0 Å². The summed E-state index contributed by atoms with van der Waals surface area (Å²) in [4.78, 5) is 2.75. The van der Waals surface area contributed by atoms with Crippen LogP contribution in [0, 0.1) is 0 Å². The van der Waals surface area contributed by atoms with E-state index in [1.54, 1.807) is 0 Å². The summed E-state index contributed by atoms with van der Waals surface area (Å²) < 4.78 is 0. The number of hydrogen-bond acceptors (Lipinski definition) is 2. The van der Waals surface area contributed by atoms with Crippen molar-refractivity contribution < 1.29 is 0 Å². The molecule has 3 atom stereocenters. The lowest BCUT2D eigenvalue weighted by molar-refractivity contribution is 0.166. The van der Waals surface area contributed by atoms with Crippen LogP contribution < -0.4 is 5.32 Å². The predicted octanol–water partition coefficient (Wildman–Crippen LogP) is 1.61. The first kappa shape index (κ1) is 9.47. The highest BCUT2D eigenvalue weighted by molar-refractivity contribution is 4.93. The number of rotatable bonds is 2. The molecule has 2 fully saturated rings. The lowest BCUT2D eigenvalue weighted by Gasteiger charge is -2.32. The van der Waals surface area contributed by atoms with Gasteiger partial charge in [0, 0.05) is 18.1 Å². The summed E-state index contributed by atoms with van der Waals surface area (Å²) in [5, 5.41) is 3.55. The molecule has 0 aliphatic carbocycles. The maximum absolute atomic E-state index is 3.55. The predicted molar refractivity (Wildman–Crippen MR) is 55.9 cm³/mol. The summed E-state index contributed by atoms with van der Waals surface area (Å²) in [6.07, 6.45) is 5.54. The van der Waals surface area contributed by atoms with Crippen LogP contribution in [0.15, 0.2) is 0 Å². The summed E-state index contributed by atoms with van der Waals surface area (Å²) in [7, 11) is 0. The Hall–Kier alpha value is -0.0800. The molecule has 0 bridgehead atoms. The van der Waals surface area contributed by atoms with E-state index >= 15 is 0 Å². The molecular weight excluding hydrogens is 160 g/mol. The molecule has 0 spiro atoms. The summed E-state index contributed by atoms with van der Waals surface area (Å²) in [6.45, 7) is 7.23.